The first-order chi connectivity index (χ1) is 7.61. The Hall–Kier alpha value is -1.06. The molecule has 0 heterocycles. The monoisotopic (exact) mass is 221 g/mol. The first kappa shape index (κ1) is 11.4. The molecular weight excluding hydrogens is 202 g/mol. The van der Waals surface area contributed by atoms with E-state index in [9.17, 15) is 5.11 Å². The van der Waals surface area contributed by atoms with Gasteiger partial charge in [0.25, 0.3) is 0 Å². The second kappa shape index (κ2) is 4.07. The van der Waals surface area contributed by atoms with Crippen LogP contribution in [0.5, 0.6) is 5.75 Å². The maximum atomic E-state index is 9.51. The van der Waals surface area contributed by atoms with E-state index in [-0.39, 0.29) is 11.5 Å². The third kappa shape index (κ3) is 1.70. The SMILES string of the molecule is COc1ccc(C)cc1C1(CN)CC(O)C1. The molecule has 0 aromatic heterocycles. The van der Waals surface area contributed by atoms with Crippen LogP contribution < -0.4 is 10.5 Å². The van der Waals surface area contributed by atoms with E-state index in [1.54, 1.807) is 7.11 Å². The smallest absolute Gasteiger partial charge is 0.122 e. The Balaban J connectivity index is 2.41. The van der Waals surface area contributed by atoms with Crippen LogP contribution in [0.2, 0.25) is 0 Å². The molecule has 0 unspecified atom stereocenters. The summed E-state index contributed by atoms with van der Waals surface area (Å²) in [6.45, 7) is 2.62. The summed E-state index contributed by atoms with van der Waals surface area (Å²) in [4.78, 5) is 0. The van der Waals surface area contributed by atoms with Crippen LogP contribution in [0.3, 0.4) is 0 Å². The van der Waals surface area contributed by atoms with Crippen LogP contribution in [0.4, 0.5) is 0 Å². The van der Waals surface area contributed by atoms with E-state index in [0.717, 1.165) is 24.2 Å². The molecule has 0 saturated heterocycles. The molecule has 1 aromatic rings. The maximum Gasteiger partial charge on any atom is 0.122 e. The highest BCUT2D eigenvalue weighted by Crippen LogP contribution is 2.46. The predicted octanol–water partition coefficient (Wildman–Crippen LogP) is 1.35. The van der Waals surface area contributed by atoms with E-state index in [2.05, 4.69) is 13.0 Å². The fourth-order valence-electron chi connectivity index (χ4n) is 2.58. The van der Waals surface area contributed by atoms with Crippen molar-refractivity contribution in [3.8, 4) is 5.75 Å². The highest BCUT2D eigenvalue weighted by molar-refractivity contribution is 5.44. The highest BCUT2D eigenvalue weighted by Gasteiger charge is 2.45. The molecule has 0 bridgehead atoms. The summed E-state index contributed by atoms with van der Waals surface area (Å²) in [7, 11) is 1.67. The van der Waals surface area contributed by atoms with Crippen LogP contribution >= 0.6 is 0 Å². The average Bonchev–Trinajstić information content (AvgIpc) is 2.24. The second-order valence-corrected chi connectivity index (χ2v) is 4.75. The Morgan fingerprint density at radius 3 is 2.69 bits per heavy atom. The molecule has 0 radical (unpaired) electrons. The van der Waals surface area contributed by atoms with Crippen molar-refractivity contribution in [1.82, 2.24) is 0 Å². The van der Waals surface area contributed by atoms with Crippen molar-refractivity contribution in [3.05, 3.63) is 29.3 Å². The molecule has 2 rings (SSSR count). The van der Waals surface area contributed by atoms with Crippen molar-refractivity contribution in [2.75, 3.05) is 13.7 Å². The van der Waals surface area contributed by atoms with Crippen LogP contribution in [-0.4, -0.2) is 24.9 Å². The number of ether oxygens (including phenoxy) is 1. The van der Waals surface area contributed by atoms with E-state index in [1.165, 1.54) is 5.56 Å². The zero-order valence-electron chi connectivity index (χ0n) is 9.86. The van der Waals surface area contributed by atoms with Gasteiger partial charge in [0.1, 0.15) is 5.75 Å². The van der Waals surface area contributed by atoms with E-state index >= 15 is 0 Å². The molecule has 0 atom stereocenters. The van der Waals surface area contributed by atoms with Gasteiger partial charge in [0, 0.05) is 17.5 Å². The van der Waals surface area contributed by atoms with Gasteiger partial charge in [-0.2, -0.15) is 0 Å². The van der Waals surface area contributed by atoms with Crippen LogP contribution in [-0.2, 0) is 5.41 Å². The Morgan fingerprint density at radius 1 is 1.50 bits per heavy atom. The van der Waals surface area contributed by atoms with Gasteiger partial charge >= 0.3 is 0 Å². The van der Waals surface area contributed by atoms with Crippen LogP contribution in [0.15, 0.2) is 18.2 Å². The van der Waals surface area contributed by atoms with Crippen molar-refractivity contribution < 1.29 is 9.84 Å². The van der Waals surface area contributed by atoms with Gasteiger partial charge in [-0.05, 0) is 25.8 Å². The largest absolute Gasteiger partial charge is 0.496 e. The Morgan fingerprint density at radius 2 is 2.19 bits per heavy atom. The van der Waals surface area contributed by atoms with Crippen molar-refractivity contribution in [2.45, 2.75) is 31.3 Å². The molecule has 1 fully saturated rings. The molecule has 3 nitrogen and oxygen atoms in total. The van der Waals surface area contributed by atoms with E-state index in [0.29, 0.717) is 6.54 Å². The molecule has 1 saturated carbocycles. The van der Waals surface area contributed by atoms with Gasteiger partial charge in [0.2, 0.25) is 0 Å². The number of methoxy groups -OCH3 is 1. The van der Waals surface area contributed by atoms with Crippen LogP contribution in [0.1, 0.15) is 24.0 Å². The molecule has 1 aromatic carbocycles. The zero-order valence-corrected chi connectivity index (χ0v) is 9.86. The van der Waals surface area contributed by atoms with Gasteiger partial charge in [-0.15, -0.1) is 0 Å². The lowest BCUT2D eigenvalue weighted by molar-refractivity contribution is 0.0210. The first-order valence-corrected chi connectivity index (χ1v) is 5.64. The van der Waals surface area contributed by atoms with Crippen molar-refractivity contribution >= 4 is 0 Å². The summed E-state index contributed by atoms with van der Waals surface area (Å²) in [6.07, 6.45) is 1.26. The van der Waals surface area contributed by atoms with Gasteiger partial charge in [0.05, 0.1) is 13.2 Å². The minimum absolute atomic E-state index is 0.0865. The molecule has 0 aliphatic heterocycles. The lowest BCUT2D eigenvalue weighted by Gasteiger charge is -2.45. The molecule has 16 heavy (non-hydrogen) atoms. The third-order valence-electron chi connectivity index (χ3n) is 3.57. The Labute approximate surface area is 96.2 Å². The average molecular weight is 221 g/mol. The summed E-state index contributed by atoms with van der Waals surface area (Å²) in [5.74, 6) is 0.878. The number of nitrogens with two attached hydrogens (primary N) is 1. The molecule has 88 valence electrons. The number of benzene rings is 1. The minimum atomic E-state index is -0.214. The van der Waals surface area contributed by atoms with Crippen molar-refractivity contribution in [1.29, 1.82) is 0 Å². The van der Waals surface area contributed by atoms with Gasteiger partial charge < -0.3 is 15.6 Å². The number of hydrogen-bond acceptors (Lipinski definition) is 3. The molecule has 0 spiro atoms. The van der Waals surface area contributed by atoms with E-state index in [4.69, 9.17) is 10.5 Å². The quantitative estimate of drug-likeness (QED) is 0.810. The van der Waals surface area contributed by atoms with E-state index in [1.807, 2.05) is 12.1 Å². The number of aliphatic hydroxyl groups excluding tert-OH is 1. The van der Waals surface area contributed by atoms with Crippen LogP contribution in [0.25, 0.3) is 0 Å². The summed E-state index contributed by atoms with van der Waals surface area (Å²) >= 11 is 0. The van der Waals surface area contributed by atoms with Gasteiger partial charge in [0.15, 0.2) is 0 Å². The van der Waals surface area contributed by atoms with Crippen LogP contribution in [0, 0.1) is 6.92 Å². The molecule has 1 aliphatic rings. The number of aliphatic hydroxyl groups is 1. The molecule has 3 heteroatoms. The number of aryl methyl sites for hydroxylation is 1. The zero-order chi connectivity index (χ0) is 11.8. The summed E-state index contributed by atoms with van der Waals surface area (Å²) in [6, 6.07) is 6.13. The predicted molar refractivity (Wildman–Crippen MR) is 63.7 cm³/mol. The molecule has 1 aliphatic carbocycles. The minimum Gasteiger partial charge on any atom is -0.496 e. The normalized spacial score (nSPS) is 28.6. The lowest BCUT2D eigenvalue weighted by Crippen LogP contribution is -2.50. The van der Waals surface area contributed by atoms with Gasteiger partial charge in [-0.3, -0.25) is 0 Å². The van der Waals surface area contributed by atoms with Crippen molar-refractivity contribution in [2.24, 2.45) is 5.73 Å². The number of rotatable bonds is 3. The topological polar surface area (TPSA) is 55.5 Å². The molecule has 0 amide bonds. The number of hydrogen-bond donors (Lipinski definition) is 2. The van der Waals surface area contributed by atoms with Crippen molar-refractivity contribution in [3.63, 3.8) is 0 Å². The summed E-state index contributed by atoms with van der Waals surface area (Å²) in [5, 5.41) is 9.51. The standard InChI is InChI=1S/C13H19NO2/c1-9-3-4-12(16-2)11(5-9)13(8-14)6-10(15)7-13/h3-5,10,15H,6-8,14H2,1-2H3. The summed E-state index contributed by atoms with van der Waals surface area (Å²) in [5.41, 5.74) is 8.12. The first-order valence-electron chi connectivity index (χ1n) is 5.64. The van der Waals surface area contributed by atoms with E-state index < -0.39 is 0 Å². The maximum absolute atomic E-state index is 9.51. The Kier molecular flexibility index (Phi) is 2.91. The highest BCUT2D eigenvalue weighted by atomic mass is 16.5. The lowest BCUT2D eigenvalue weighted by atomic mass is 9.62. The van der Waals surface area contributed by atoms with Gasteiger partial charge in [-0.1, -0.05) is 17.7 Å². The fourth-order valence-corrected chi connectivity index (χ4v) is 2.58. The third-order valence-corrected chi connectivity index (χ3v) is 3.57. The Bertz CT molecular complexity index is 384. The molecular formula is C13H19NO2. The van der Waals surface area contributed by atoms with Gasteiger partial charge in [-0.25, -0.2) is 0 Å². The summed E-state index contributed by atoms with van der Waals surface area (Å²) < 4.78 is 5.38. The molecule has 3 N–H and O–H groups in total. The second-order valence-electron chi connectivity index (χ2n) is 4.75. The fraction of sp³-hybridized carbons (Fsp3) is 0.538.